The Hall–Kier alpha value is -2.70. The van der Waals surface area contributed by atoms with Gasteiger partial charge in [-0.15, -0.1) is 12.4 Å². The fraction of sp³-hybridized carbons (Fsp3) is 0.360. The molecule has 3 aromatic rings. The van der Waals surface area contributed by atoms with Crippen LogP contribution in [-0.4, -0.2) is 36.1 Å². The number of nitrogens with zero attached hydrogens (tertiary/aromatic N) is 2. The summed E-state index contributed by atoms with van der Waals surface area (Å²) >= 11 is 0. The van der Waals surface area contributed by atoms with Crippen molar-refractivity contribution in [3.05, 3.63) is 77.3 Å². The Bertz CT molecular complexity index is 1060. The van der Waals surface area contributed by atoms with Crippen LogP contribution in [0.5, 0.6) is 0 Å². The largest absolute Gasteiger partial charge is 0.360 e. The number of halogens is 2. The lowest BCUT2D eigenvalue weighted by Gasteiger charge is -2.45. The van der Waals surface area contributed by atoms with Gasteiger partial charge in [0.25, 0.3) is 5.91 Å². The van der Waals surface area contributed by atoms with Gasteiger partial charge in [-0.3, -0.25) is 9.69 Å². The molecule has 2 aromatic carbocycles. The summed E-state index contributed by atoms with van der Waals surface area (Å²) in [6.07, 6.45) is 3.29. The summed E-state index contributed by atoms with van der Waals surface area (Å²) < 4.78 is 19.2. The van der Waals surface area contributed by atoms with Crippen molar-refractivity contribution in [1.29, 1.82) is 0 Å². The molecular formula is C25H29ClFN3O2. The first-order valence-electron chi connectivity index (χ1n) is 10.7. The number of rotatable bonds is 5. The van der Waals surface area contributed by atoms with Gasteiger partial charge in [0.15, 0.2) is 0 Å². The predicted molar refractivity (Wildman–Crippen MR) is 125 cm³/mol. The van der Waals surface area contributed by atoms with Crippen LogP contribution >= 0.6 is 12.4 Å². The van der Waals surface area contributed by atoms with Crippen LogP contribution in [0.3, 0.4) is 0 Å². The lowest BCUT2D eigenvalue weighted by molar-refractivity contribution is 0.0756. The first kappa shape index (κ1) is 24.0. The van der Waals surface area contributed by atoms with E-state index in [0.29, 0.717) is 17.0 Å². The number of carbonyl (C=O) groups excluding carboxylic acids is 1. The van der Waals surface area contributed by atoms with Gasteiger partial charge in [-0.25, -0.2) is 4.39 Å². The fourth-order valence-electron chi connectivity index (χ4n) is 4.70. The molecule has 0 aliphatic heterocycles. The molecule has 0 radical (unpaired) electrons. The quantitative estimate of drug-likeness (QED) is 0.561. The maximum absolute atomic E-state index is 13.9. The van der Waals surface area contributed by atoms with E-state index in [0.717, 1.165) is 36.8 Å². The van der Waals surface area contributed by atoms with Gasteiger partial charge < -0.3 is 9.84 Å². The average molecular weight is 458 g/mol. The Balaban J connectivity index is 0.00000289. The number of amides is 1. The Kier molecular flexibility index (Phi) is 7.36. The second-order valence-electron chi connectivity index (χ2n) is 8.51. The Morgan fingerprint density at radius 3 is 2.44 bits per heavy atom. The molecule has 32 heavy (non-hydrogen) atoms. The van der Waals surface area contributed by atoms with E-state index in [2.05, 4.69) is 15.4 Å². The molecule has 4 rings (SSSR count). The lowest BCUT2D eigenvalue weighted by Crippen LogP contribution is -2.48. The molecular weight excluding hydrogens is 429 g/mol. The predicted octanol–water partition coefficient (Wildman–Crippen LogP) is 5.34. The molecule has 1 aliphatic rings. The van der Waals surface area contributed by atoms with Crippen LogP contribution in [0.15, 0.2) is 59.1 Å². The molecule has 1 fully saturated rings. The standard InChI is InChI=1S/C25H28FN3O2.ClH/c1-17-22(23(28-31-17)18-8-5-4-6-9-18)24(30)27-21-12-14-25(15-13-21,29(2)3)19-10-7-11-20(26)16-19;/h4-11,16,21H,12-15H2,1-3H3,(H,27,30);1H. The molecule has 0 unspecified atom stereocenters. The summed E-state index contributed by atoms with van der Waals surface area (Å²) in [5.74, 6) is 0.130. The zero-order valence-electron chi connectivity index (χ0n) is 18.6. The molecule has 0 spiro atoms. The maximum atomic E-state index is 13.9. The van der Waals surface area contributed by atoms with E-state index in [1.165, 1.54) is 6.07 Å². The number of hydrogen-bond donors (Lipinski definition) is 1. The minimum absolute atomic E-state index is 0. The molecule has 1 amide bonds. The van der Waals surface area contributed by atoms with Crippen molar-refractivity contribution in [2.75, 3.05) is 14.1 Å². The third kappa shape index (κ3) is 4.57. The first-order chi connectivity index (χ1) is 14.9. The van der Waals surface area contributed by atoms with Crippen molar-refractivity contribution < 1.29 is 13.7 Å². The highest BCUT2D eigenvalue weighted by Crippen LogP contribution is 2.41. The van der Waals surface area contributed by atoms with Crippen molar-refractivity contribution in [3.8, 4) is 11.3 Å². The summed E-state index contributed by atoms with van der Waals surface area (Å²) in [5.41, 5.74) is 2.66. The topological polar surface area (TPSA) is 58.4 Å². The van der Waals surface area contributed by atoms with E-state index in [1.54, 1.807) is 19.1 Å². The van der Waals surface area contributed by atoms with Gasteiger partial charge in [-0.05, 0) is 64.4 Å². The highest BCUT2D eigenvalue weighted by atomic mass is 35.5. The summed E-state index contributed by atoms with van der Waals surface area (Å²) in [4.78, 5) is 15.3. The van der Waals surface area contributed by atoms with Gasteiger partial charge in [0.1, 0.15) is 22.8 Å². The lowest BCUT2D eigenvalue weighted by atomic mass is 9.74. The molecule has 0 bridgehead atoms. The maximum Gasteiger partial charge on any atom is 0.257 e. The fourth-order valence-corrected chi connectivity index (χ4v) is 4.70. The monoisotopic (exact) mass is 457 g/mol. The van der Waals surface area contributed by atoms with Gasteiger partial charge in [0, 0.05) is 17.1 Å². The third-order valence-electron chi connectivity index (χ3n) is 6.50. The van der Waals surface area contributed by atoms with E-state index in [-0.39, 0.29) is 35.7 Å². The summed E-state index contributed by atoms with van der Waals surface area (Å²) in [6, 6.07) is 16.5. The first-order valence-corrected chi connectivity index (χ1v) is 10.7. The highest BCUT2D eigenvalue weighted by Gasteiger charge is 2.39. The smallest absolute Gasteiger partial charge is 0.257 e. The van der Waals surface area contributed by atoms with Crippen LogP contribution in [0.25, 0.3) is 11.3 Å². The van der Waals surface area contributed by atoms with Gasteiger partial charge >= 0.3 is 0 Å². The van der Waals surface area contributed by atoms with Crippen LogP contribution in [0.2, 0.25) is 0 Å². The molecule has 5 nitrogen and oxygen atoms in total. The Labute approximate surface area is 194 Å². The van der Waals surface area contributed by atoms with Gasteiger partial charge in [0.05, 0.1) is 0 Å². The number of aryl methyl sites for hydroxylation is 1. The second-order valence-corrected chi connectivity index (χ2v) is 8.51. The number of nitrogens with one attached hydrogen (secondary N) is 1. The minimum Gasteiger partial charge on any atom is -0.360 e. The normalized spacial score (nSPS) is 20.6. The van der Waals surface area contributed by atoms with Crippen molar-refractivity contribution in [2.45, 2.75) is 44.2 Å². The number of hydrogen-bond acceptors (Lipinski definition) is 4. The SMILES string of the molecule is Cc1onc(-c2ccccc2)c1C(=O)NC1CCC(c2cccc(F)c2)(N(C)C)CC1.Cl. The zero-order chi connectivity index (χ0) is 22.0. The minimum atomic E-state index is -0.231. The number of carbonyl (C=O) groups is 1. The molecule has 1 saturated carbocycles. The van der Waals surface area contributed by atoms with Crippen LogP contribution in [0.1, 0.15) is 47.4 Å². The van der Waals surface area contributed by atoms with Crippen molar-refractivity contribution >= 4 is 18.3 Å². The summed E-state index contributed by atoms with van der Waals surface area (Å²) in [5, 5.41) is 7.30. The molecule has 1 aliphatic carbocycles. The third-order valence-corrected chi connectivity index (χ3v) is 6.50. The van der Waals surface area contributed by atoms with Crippen molar-refractivity contribution in [3.63, 3.8) is 0 Å². The molecule has 170 valence electrons. The van der Waals surface area contributed by atoms with Gasteiger partial charge in [-0.2, -0.15) is 0 Å². The molecule has 1 aromatic heterocycles. The summed E-state index contributed by atoms with van der Waals surface area (Å²) in [6.45, 7) is 1.76. The second kappa shape index (κ2) is 9.84. The Morgan fingerprint density at radius 1 is 1.12 bits per heavy atom. The van der Waals surface area contributed by atoms with Crippen molar-refractivity contribution in [2.24, 2.45) is 0 Å². The summed E-state index contributed by atoms with van der Waals surface area (Å²) in [7, 11) is 4.08. The van der Waals surface area contributed by atoms with E-state index < -0.39 is 0 Å². The van der Waals surface area contributed by atoms with Gasteiger partial charge in [-0.1, -0.05) is 47.6 Å². The number of aromatic nitrogens is 1. The van der Waals surface area contributed by atoms with E-state index in [9.17, 15) is 9.18 Å². The molecule has 7 heteroatoms. The van der Waals surface area contributed by atoms with Crippen LogP contribution in [0.4, 0.5) is 4.39 Å². The average Bonchev–Trinajstić information content (AvgIpc) is 3.16. The highest BCUT2D eigenvalue weighted by molar-refractivity contribution is 6.00. The molecule has 1 heterocycles. The Morgan fingerprint density at radius 2 is 1.81 bits per heavy atom. The molecule has 0 atom stereocenters. The number of benzene rings is 2. The van der Waals surface area contributed by atoms with Crippen LogP contribution in [0, 0.1) is 12.7 Å². The molecule has 0 saturated heterocycles. The molecule has 1 N–H and O–H groups in total. The van der Waals surface area contributed by atoms with E-state index in [1.807, 2.05) is 50.5 Å². The van der Waals surface area contributed by atoms with Crippen LogP contribution in [-0.2, 0) is 5.54 Å². The van der Waals surface area contributed by atoms with Gasteiger partial charge in [0.2, 0.25) is 0 Å². The van der Waals surface area contributed by atoms with E-state index >= 15 is 0 Å². The van der Waals surface area contributed by atoms with Crippen LogP contribution < -0.4 is 5.32 Å². The van der Waals surface area contributed by atoms with Crippen molar-refractivity contribution in [1.82, 2.24) is 15.4 Å². The zero-order valence-corrected chi connectivity index (χ0v) is 19.4. The van der Waals surface area contributed by atoms with E-state index in [4.69, 9.17) is 4.52 Å².